The van der Waals surface area contributed by atoms with Crippen molar-refractivity contribution in [1.82, 2.24) is 14.7 Å². The number of carbonyl (C=O) groups is 2. The SMILES string of the molecule is Cc1nn(-c2ccc(C(=O)N3CCN(c4ccccc4)CC3)cc2)c(C)c1C(Cc1ccc(F)cc1Cl)C(N)=O. The van der Waals surface area contributed by atoms with E-state index in [1.54, 1.807) is 22.9 Å². The topological polar surface area (TPSA) is 84.5 Å². The molecular formula is C31H31ClFN5O2. The Bertz CT molecular complexity index is 1530. The van der Waals surface area contributed by atoms with E-state index < -0.39 is 17.6 Å². The molecule has 2 N–H and O–H groups in total. The van der Waals surface area contributed by atoms with E-state index in [0.717, 1.165) is 24.5 Å². The zero-order valence-electron chi connectivity index (χ0n) is 22.5. The van der Waals surface area contributed by atoms with E-state index in [2.05, 4.69) is 22.1 Å². The van der Waals surface area contributed by atoms with Crippen molar-refractivity contribution in [3.8, 4) is 5.69 Å². The van der Waals surface area contributed by atoms with Crippen LogP contribution in [0.1, 0.15) is 38.8 Å². The van der Waals surface area contributed by atoms with Crippen LogP contribution in [-0.2, 0) is 11.2 Å². The standard InChI is InChI=1S/C31H31ClFN5O2/c1-20-29(27(30(34)39)18-23-8-11-24(33)19-28(23)32)21(2)38(35-20)26-12-9-22(10-13-26)31(40)37-16-14-36(15-17-37)25-6-4-3-5-7-25/h3-13,19,27H,14-18H2,1-2H3,(H2,34,39). The summed E-state index contributed by atoms with van der Waals surface area (Å²) in [5.74, 6) is -1.65. The molecule has 0 aliphatic carbocycles. The molecule has 4 aromatic rings. The molecule has 1 aliphatic rings. The Kier molecular flexibility index (Phi) is 7.89. The predicted octanol–water partition coefficient (Wildman–Crippen LogP) is 5.06. The first-order valence-electron chi connectivity index (χ1n) is 13.2. The summed E-state index contributed by atoms with van der Waals surface area (Å²) in [6.07, 6.45) is 0.229. The van der Waals surface area contributed by atoms with Gasteiger partial charge in [-0.15, -0.1) is 0 Å². The molecule has 1 aliphatic heterocycles. The molecule has 0 spiro atoms. The summed E-state index contributed by atoms with van der Waals surface area (Å²) in [4.78, 5) is 29.9. The lowest BCUT2D eigenvalue weighted by Gasteiger charge is -2.36. The molecule has 9 heteroatoms. The Labute approximate surface area is 238 Å². The third-order valence-corrected chi connectivity index (χ3v) is 7.88. The van der Waals surface area contributed by atoms with Gasteiger partial charge in [-0.2, -0.15) is 5.10 Å². The Morgan fingerprint density at radius 2 is 1.62 bits per heavy atom. The quantitative estimate of drug-likeness (QED) is 0.343. The second-order valence-electron chi connectivity index (χ2n) is 10.1. The van der Waals surface area contributed by atoms with E-state index in [0.29, 0.717) is 35.5 Å². The third kappa shape index (κ3) is 5.58. The van der Waals surface area contributed by atoms with Crippen molar-refractivity contribution < 1.29 is 14.0 Å². The van der Waals surface area contributed by atoms with Crippen LogP contribution in [0.15, 0.2) is 72.8 Å². The maximum Gasteiger partial charge on any atom is 0.253 e. The summed E-state index contributed by atoms with van der Waals surface area (Å²) in [6.45, 7) is 6.58. The highest BCUT2D eigenvalue weighted by atomic mass is 35.5. The molecule has 7 nitrogen and oxygen atoms in total. The van der Waals surface area contributed by atoms with Crippen LogP contribution in [0, 0.1) is 19.7 Å². The van der Waals surface area contributed by atoms with Crippen LogP contribution >= 0.6 is 11.6 Å². The van der Waals surface area contributed by atoms with Gasteiger partial charge in [-0.1, -0.05) is 35.9 Å². The maximum absolute atomic E-state index is 13.5. The number of nitrogens with two attached hydrogens (primary N) is 1. The van der Waals surface area contributed by atoms with E-state index in [1.165, 1.54) is 17.8 Å². The van der Waals surface area contributed by atoms with Crippen LogP contribution in [0.5, 0.6) is 0 Å². The van der Waals surface area contributed by atoms with Gasteiger partial charge in [0, 0.05) is 53.7 Å². The summed E-state index contributed by atoms with van der Waals surface area (Å²) in [5, 5.41) is 4.92. The van der Waals surface area contributed by atoms with Gasteiger partial charge in [0.2, 0.25) is 5.91 Å². The second kappa shape index (κ2) is 11.5. The molecule has 1 unspecified atom stereocenters. The number of hydrogen-bond donors (Lipinski definition) is 1. The Morgan fingerprint density at radius 1 is 0.950 bits per heavy atom. The number of rotatable bonds is 7. The van der Waals surface area contributed by atoms with Crippen LogP contribution < -0.4 is 10.6 Å². The highest BCUT2D eigenvalue weighted by Gasteiger charge is 2.28. The zero-order chi connectivity index (χ0) is 28.4. The number of anilines is 1. The number of primary amides is 1. The summed E-state index contributed by atoms with van der Waals surface area (Å²) >= 11 is 6.23. The lowest BCUT2D eigenvalue weighted by molar-refractivity contribution is -0.119. The van der Waals surface area contributed by atoms with Crippen molar-refractivity contribution in [1.29, 1.82) is 0 Å². The largest absolute Gasteiger partial charge is 0.369 e. The number of aromatic nitrogens is 2. The number of piperazine rings is 1. The average Bonchev–Trinajstić information content (AvgIpc) is 3.26. The molecular weight excluding hydrogens is 529 g/mol. The Hall–Kier alpha value is -4.17. The van der Waals surface area contributed by atoms with Crippen LogP contribution in [0.4, 0.5) is 10.1 Å². The number of nitrogens with zero attached hydrogens (tertiary/aromatic N) is 4. The number of para-hydroxylation sites is 1. The van der Waals surface area contributed by atoms with E-state index >= 15 is 0 Å². The molecule has 2 amide bonds. The molecule has 1 saturated heterocycles. The van der Waals surface area contributed by atoms with Gasteiger partial charge in [0.15, 0.2) is 0 Å². The Balaban J connectivity index is 1.32. The van der Waals surface area contributed by atoms with Gasteiger partial charge in [0.05, 0.1) is 17.3 Å². The first-order valence-corrected chi connectivity index (χ1v) is 13.6. The van der Waals surface area contributed by atoms with E-state index in [1.807, 2.05) is 49.1 Å². The normalized spacial score (nSPS) is 14.3. The van der Waals surface area contributed by atoms with Gasteiger partial charge < -0.3 is 15.5 Å². The van der Waals surface area contributed by atoms with Crippen molar-refractivity contribution >= 4 is 29.1 Å². The first-order chi connectivity index (χ1) is 19.2. The highest BCUT2D eigenvalue weighted by molar-refractivity contribution is 6.31. The van der Waals surface area contributed by atoms with Crippen LogP contribution in [0.2, 0.25) is 5.02 Å². The maximum atomic E-state index is 13.5. The first kappa shape index (κ1) is 27.4. The summed E-state index contributed by atoms with van der Waals surface area (Å²) < 4.78 is 15.3. The molecule has 0 saturated carbocycles. The molecule has 1 fully saturated rings. The minimum absolute atomic E-state index is 0.00159. The van der Waals surface area contributed by atoms with E-state index in [9.17, 15) is 14.0 Å². The molecule has 2 heterocycles. The van der Waals surface area contributed by atoms with Gasteiger partial charge >= 0.3 is 0 Å². The van der Waals surface area contributed by atoms with Crippen LogP contribution in [0.25, 0.3) is 5.69 Å². The second-order valence-corrected chi connectivity index (χ2v) is 10.5. The van der Waals surface area contributed by atoms with Gasteiger partial charge in [0.25, 0.3) is 5.91 Å². The number of halogens is 2. The number of aryl methyl sites for hydroxylation is 1. The summed E-state index contributed by atoms with van der Waals surface area (Å²) in [6, 6.07) is 21.7. The Morgan fingerprint density at radius 3 is 2.25 bits per heavy atom. The zero-order valence-corrected chi connectivity index (χ0v) is 23.2. The van der Waals surface area contributed by atoms with Crippen molar-refractivity contribution in [2.75, 3.05) is 31.1 Å². The van der Waals surface area contributed by atoms with Crippen molar-refractivity contribution in [3.05, 3.63) is 112 Å². The van der Waals surface area contributed by atoms with Gasteiger partial charge in [-0.25, -0.2) is 9.07 Å². The number of amides is 2. The fourth-order valence-corrected chi connectivity index (χ4v) is 5.64. The smallest absolute Gasteiger partial charge is 0.253 e. The van der Waals surface area contributed by atoms with E-state index in [4.69, 9.17) is 17.3 Å². The molecule has 40 heavy (non-hydrogen) atoms. The molecule has 0 bridgehead atoms. The number of hydrogen-bond acceptors (Lipinski definition) is 4. The fourth-order valence-electron chi connectivity index (χ4n) is 5.40. The minimum Gasteiger partial charge on any atom is -0.369 e. The molecule has 0 radical (unpaired) electrons. The summed E-state index contributed by atoms with van der Waals surface area (Å²) in [5.41, 5.74) is 11.1. The van der Waals surface area contributed by atoms with E-state index in [-0.39, 0.29) is 17.4 Å². The summed E-state index contributed by atoms with van der Waals surface area (Å²) in [7, 11) is 0. The third-order valence-electron chi connectivity index (χ3n) is 7.53. The molecule has 1 atom stereocenters. The van der Waals surface area contributed by atoms with Gasteiger partial charge in [0.1, 0.15) is 5.82 Å². The molecule has 3 aromatic carbocycles. The minimum atomic E-state index is -0.688. The lowest BCUT2D eigenvalue weighted by atomic mass is 9.90. The average molecular weight is 560 g/mol. The highest BCUT2D eigenvalue weighted by Crippen LogP contribution is 2.31. The van der Waals surface area contributed by atoms with Crippen molar-refractivity contribution in [2.45, 2.75) is 26.2 Å². The van der Waals surface area contributed by atoms with Crippen molar-refractivity contribution in [3.63, 3.8) is 0 Å². The van der Waals surface area contributed by atoms with Gasteiger partial charge in [-0.3, -0.25) is 9.59 Å². The monoisotopic (exact) mass is 559 g/mol. The van der Waals surface area contributed by atoms with Crippen LogP contribution in [0.3, 0.4) is 0 Å². The molecule has 1 aromatic heterocycles. The fraction of sp³-hybridized carbons (Fsp3) is 0.258. The molecule has 206 valence electrons. The lowest BCUT2D eigenvalue weighted by Crippen LogP contribution is -2.48. The van der Waals surface area contributed by atoms with Crippen molar-refractivity contribution in [2.24, 2.45) is 5.73 Å². The molecule has 5 rings (SSSR count). The van der Waals surface area contributed by atoms with Gasteiger partial charge in [-0.05, 0) is 74.4 Å². The van der Waals surface area contributed by atoms with Crippen LogP contribution in [-0.4, -0.2) is 52.7 Å². The predicted molar refractivity (Wildman–Crippen MR) is 155 cm³/mol. The number of carbonyl (C=O) groups excluding carboxylic acids is 2. The number of benzene rings is 3.